The van der Waals surface area contributed by atoms with Crippen molar-refractivity contribution in [1.29, 1.82) is 0 Å². The van der Waals surface area contributed by atoms with E-state index < -0.39 is 0 Å². The van der Waals surface area contributed by atoms with Gasteiger partial charge < -0.3 is 9.84 Å². The number of nitrogens with zero attached hydrogens (tertiary/aromatic N) is 1. The normalized spacial score (nSPS) is 12.0. The minimum Gasteiger partial charge on any atom is -0.396 e. The fourth-order valence-electron chi connectivity index (χ4n) is 3.33. The fraction of sp³-hybridized carbons (Fsp3) is 1.00. The van der Waals surface area contributed by atoms with E-state index >= 15 is 0 Å². The highest BCUT2D eigenvalue weighted by molar-refractivity contribution is 4.80. The first kappa shape index (κ1) is 29.1. The van der Waals surface area contributed by atoms with Crippen LogP contribution in [0.5, 0.6) is 0 Å². The molecule has 0 aliphatic heterocycles. The van der Waals surface area contributed by atoms with Crippen LogP contribution in [0.2, 0.25) is 0 Å². The highest BCUT2D eigenvalue weighted by atomic mass is 16.5. The second kappa shape index (κ2) is 19.2. The average molecular weight is 388 g/mol. The monoisotopic (exact) mass is 387 g/mol. The van der Waals surface area contributed by atoms with E-state index in [1.807, 2.05) is 0 Å². The van der Waals surface area contributed by atoms with E-state index in [4.69, 9.17) is 9.84 Å². The second-order valence-electron chi connectivity index (χ2n) is 9.34. The van der Waals surface area contributed by atoms with Crippen molar-refractivity contribution in [3.63, 3.8) is 0 Å². The van der Waals surface area contributed by atoms with E-state index in [1.165, 1.54) is 51.4 Å². The Morgan fingerprint density at radius 2 is 1.30 bits per heavy atom. The average Bonchev–Trinajstić information content (AvgIpc) is 2.57. The van der Waals surface area contributed by atoms with Crippen LogP contribution in [0, 0.1) is 11.8 Å². The van der Waals surface area contributed by atoms with Gasteiger partial charge in [0.25, 0.3) is 0 Å². The van der Waals surface area contributed by atoms with Gasteiger partial charge in [0.1, 0.15) is 0 Å². The summed E-state index contributed by atoms with van der Waals surface area (Å²) in [4.78, 5) is 2.33. The van der Waals surface area contributed by atoms with Gasteiger partial charge in [0.15, 0.2) is 0 Å². The molecular weight excluding hydrogens is 334 g/mol. The molecule has 0 amide bonds. The van der Waals surface area contributed by atoms with E-state index in [2.05, 4.69) is 53.4 Å². The number of unbranched alkanes of at least 4 members (excludes halogenated alkanes) is 5. The number of hydrogen-bond acceptors (Lipinski definition) is 3. The number of rotatable bonds is 16. The van der Waals surface area contributed by atoms with E-state index in [0.717, 1.165) is 38.0 Å². The Balaban J connectivity index is 0. The maximum atomic E-state index is 8.91. The molecule has 0 spiro atoms. The molecule has 0 aromatic carbocycles. The summed E-state index contributed by atoms with van der Waals surface area (Å²) in [5, 5.41) is 8.91. The Bertz CT molecular complexity index is 276. The van der Waals surface area contributed by atoms with Crippen LogP contribution in [0.15, 0.2) is 0 Å². The van der Waals surface area contributed by atoms with Crippen LogP contribution in [0.25, 0.3) is 0 Å². The van der Waals surface area contributed by atoms with Gasteiger partial charge in [0, 0.05) is 25.8 Å². The fourth-order valence-corrected chi connectivity index (χ4v) is 3.33. The van der Waals surface area contributed by atoms with Crippen LogP contribution < -0.4 is 0 Å². The van der Waals surface area contributed by atoms with Gasteiger partial charge in [-0.2, -0.15) is 0 Å². The van der Waals surface area contributed by atoms with Crippen molar-refractivity contribution in [3.8, 4) is 0 Å². The maximum absolute atomic E-state index is 8.91. The smallest absolute Gasteiger partial charge is 0.0589 e. The predicted octanol–water partition coefficient (Wildman–Crippen LogP) is 6.53. The highest BCUT2D eigenvalue weighted by Crippen LogP contribution is 2.17. The summed E-state index contributed by atoms with van der Waals surface area (Å²) in [6.45, 7) is 18.7. The molecule has 3 nitrogen and oxygen atoms in total. The summed E-state index contributed by atoms with van der Waals surface area (Å²) in [7, 11) is 1.72. The molecule has 0 saturated carbocycles. The minimum absolute atomic E-state index is 0.0715. The summed E-state index contributed by atoms with van der Waals surface area (Å²) in [5.74, 6) is 1.80. The van der Waals surface area contributed by atoms with Crippen LogP contribution >= 0.6 is 0 Å². The van der Waals surface area contributed by atoms with Crippen molar-refractivity contribution in [2.75, 3.05) is 33.4 Å². The molecule has 0 radical (unpaired) electrons. The van der Waals surface area contributed by atoms with Gasteiger partial charge in [-0.3, -0.25) is 4.90 Å². The van der Waals surface area contributed by atoms with Crippen LogP contribution in [0.4, 0.5) is 0 Å². The second-order valence-corrected chi connectivity index (χ2v) is 9.34. The van der Waals surface area contributed by atoms with E-state index in [1.54, 1.807) is 7.11 Å². The molecule has 0 heterocycles. The molecule has 166 valence electrons. The summed E-state index contributed by atoms with van der Waals surface area (Å²) in [6, 6.07) is 0. The van der Waals surface area contributed by atoms with Crippen LogP contribution in [-0.2, 0) is 4.74 Å². The van der Waals surface area contributed by atoms with Crippen molar-refractivity contribution >= 4 is 0 Å². The summed E-state index contributed by atoms with van der Waals surface area (Å²) >= 11 is 0. The maximum Gasteiger partial charge on any atom is 0.0589 e. The van der Waals surface area contributed by atoms with E-state index in [0.29, 0.717) is 0 Å². The van der Waals surface area contributed by atoms with Crippen molar-refractivity contribution in [2.24, 2.45) is 11.8 Å². The molecule has 1 N–H and O–H groups in total. The zero-order chi connectivity index (χ0) is 21.1. The standard InChI is InChI=1S/C14H30.C10H23NO2/c1-13(2)11-9-7-5-6-8-10-12-14(3)4;1-5-11(7-9-13-4)10(2,3)6-8-12/h13-14H,5-12H2,1-4H3;12H,5-9H2,1-4H3. The number of hydrogen-bond donors (Lipinski definition) is 1. The van der Waals surface area contributed by atoms with Crippen LogP contribution in [-0.4, -0.2) is 49.0 Å². The molecular formula is C24H53NO2. The Hall–Kier alpha value is -0.120. The molecule has 0 aromatic heterocycles. The lowest BCUT2D eigenvalue weighted by atomic mass is 9.98. The molecule has 0 bridgehead atoms. The first-order valence-corrected chi connectivity index (χ1v) is 11.6. The lowest BCUT2D eigenvalue weighted by Gasteiger charge is -2.37. The van der Waals surface area contributed by atoms with Gasteiger partial charge >= 0.3 is 0 Å². The van der Waals surface area contributed by atoms with Crippen molar-refractivity contribution < 1.29 is 9.84 Å². The quantitative estimate of drug-likeness (QED) is 0.305. The molecule has 0 atom stereocenters. The zero-order valence-corrected chi connectivity index (χ0v) is 20.1. The van der Waals surface area contributed by atoms with Gasteiger partial charge in [0.2, 0.25) is 0 Å². The molecule has 27 heavy (non-hydrogen) atoms. The molecule has 0 aliphatic rings. The summed E-state index contributed by atoms with van der Waals surface area (Å²) in [5.41, 5.74) is 0.0715. The third-order valence-electron chi connectivity index (χ3n) is 5.34. The molecule has 3 heteroatoms. The lowest BCUT2D eigenvalue weighted by Crippen LogP contribution is -2.46. The Kier molecular flexibility index (Phi) is 20.7. The molecule has 0 unspecified atom stereocenters. The number of aliphatic hydroxyl groups excluding tert-OH is 1. The van der Waals surface area contributed by atoms with Crippen molar-refractivity contribution in [2.45, 2.75) is 112 Å². The Labute approximate surface area is 172 Å². The van der Waals surface area contributed by atoms with Crippen molar-refractivity contribution in [1.82, 2.24) is 4.90 Å². The van der Waals surface area contributed by atoms with Gasteiger partial charge in [0.05, 0.1) is 6.61 Å². The van der Waals surface area contributed by atoms with Gasteiger partial charge in [-0.25, -0.2) is 0 Å². The molecule has 0 rings (SSSR count). The van der Waals surface area contributed by atoms with Crippen LogP contribution in [0.1, 0.15) is 106 Å². The van der Waals surface area contributed by atoms with Gasteiger partial charge in [-0.15, -0.1) is 0 Å². The number of likely N-dealkylation sites (N-methyl/N-ethyl adjacent to an activating group) is 1. The summed E-state index contributed by atoms with van der Waals surface area (Å²) < 4.78 is 5.04. The zero-order valence-electron chi connectivity index (χ0n) is 20.1. The first-order chi connectivity index (χ1) is 12.7. The molecule has 0 fully saturated rings. The van der Waals surface area contributed by atoms with Crippen LogP contribution in [0.3, 0.4) is 0 Å². The van der Waals surface area contributed by atoms with E-state index in [9.17, 15) is 0 Å². The van der Waals surface area contributed by atoms with Crippen molar-refractivity contribution in [3.05, 3.63) is 0 Å². The largest absolute Gasteiger partial charge is 0.396 e. The van der Waals surface area contributed by atoms with E-state index in [-0.39, 0.29) is 12.1 Å². The topological polar surface area (TPSA) is 32.7 Å². The Morgan fingerprint density at radius 3 is 1.63 bits per heavy atom. The molecule has 0 saturated heterocycles. The highest BCUT2D eigenvalue weighted by Gasteiger charge is 2.24. The van der Waals surface area contributed by atoms with Gasteiger partial charge in [-0.05, 0) is 38.6 Å². The lowest BCUT2D eigenvalue weighted by molar-refractivity contribution is 0.0636. The molecule has 0 aromatic rings. The first-order valence-electron chi connectivity index (χ1n) is 11.6. The number of ether oxygens (including phenoxy) is 1. The number of methoxy groups -OCH3 is 1. The summed E-state index contributed by atoms with van der Waals surface area (Å²) in [6.07, 6.45) is 12.4. The Morgan fingerprint density at radius 1 is 0.852 bits per heavy atom. The SMILES string of the molecule is CC(C)CCCCCCCCC(C)C.CCN(CCOC)C(C)(C)CCO. The molecule has 0 aliphatic carbocycles. The predicted molar refractivity (Wildman–Crippen MR) is 122 cm³/mol. The van der Waals surface area contributed by atoms with Gasteiger partial charge in [-0.1, -0.05) is 86.0 Å². The third kappa shape index (κ3) is 20.4. The minimum atomic E-state index is 0.0715. The number of aliphatic hydroxyl groups is 1. The third-order valence-corrected chi connectivity index (χ3v) is 5.34.